The zero-order chi connectivity index (χ0) is 15.5. The van der Waals surface area contributed by atoms with Crippen LogP contribution in [-0.4, -0.2) is 26.3 Å². The van der Waals surface area contributed by atoms with E-state index in [0.29, 0.717) is 19.8 Å². The fourth-order valence-corrected chi connectivity index (χ4v) is 2.78. The van der Waals surface area contributed by atoms with Crippen LogP contribution in [0.2, 0.25) is 0 Å². The molecule has 0 bridgehead atoms. The fourth-order valence-electron chi connectivity index (χ4n) is 2.78. The highest BCUT2D eigenvalue weighted by Gasteiger charge is 2.62. The van der Waals surface area contributed by atoms with Gasteiger partial charge in [0.25, 0.3) is 0 Å². The molecule has 0 saturated heterocycles. The first kappa shape index (κ1) is 15.8. The molecule has 0 spiro atoms. The maximum atomic E-state index is 11.8. The lowest BCUT2D eigenvalue weighted by Gasteiger charge is -2.06. The van der Waals surface area contributed by atoms with E-state index in [9.17, 15) is 4.79 Å². The molecule has 1 aliphatic carbocycles. The fraction of sp³-hybridized carbons (Fsp3) is 0.588. The normalized spacial score (nSPS) is 22.7. The molecule has 0 N–H and O–H groups in total. The molecule has 0 heterocycles. The van der Waals surface area contributed by atoms with Crippen LogP contribution in [0.4, 0.5) is 0 Å². The first-order valence-electron chi connectivity index (χ1n) is 7.38. The number of esters is 1. The van der Waals surface area contributed by atoms with Crippen molar-refractivity contribution in [3.8, 4) is 5.75 Å². The number of ether oxygens (including phenoxy) is 3. The Morgan fingerprint density at radius 2 is 1.90 bits per heavy atom. The summed E-state index contributed by atoms with van der Waals surface area (Å²) in [7, 11) is 1.65. The van der Waals surface area contributed by atoms with Crippen LogP contribution in [-0.2, 0) is 20.9 Å². The summed E-state index contributed by atoms with van der Waals surface area (Å²) < 4.78 is 16.0. The Morgan fingerprint density at radius 3 is 2.48 bits per heavy atom. The molecule has 0 amide bonds. The number of carbonyl (C=O) groups excluding carboxylic acids is 1. The van der Waals surface area contributed by atoms with Crippen molar-refractivity contribution in [3.05, 3.63) is 29.8 Å². The van der Waals surface area contributed by atoms with Gasteiger partial charge in [-0.3, -0.25) is 4.79 Å². The van der Waals surface area contributed by atoms with E-state index >= 15 is 0 Å². The Labute approximate surface area is 126 Å². The van der Waals surface area contributed by atoms with E-state index in [-0.39, 0.29) is 23.2 Å². The smallest absolute Gasteiger partial charge is 0.309 e. The van der Waals surface area contributed by atoms with E-state index in [0.717, 1.165) is 11.3 Å². The maximum absolute atomic E-state index is 11.8. The summed E-state index contributed by atoms with van der Waals surface area (Å²) in [6, 6.07) is 7.81. The zero-order valence-corrected chi connectivity index (χ0v) is 13.2. The number of hydrogen-bond donors (Lipinski definition) is 0. The Balaban J connectivity index is 1.79. The number of carbonyl (C=O) groups is 1. The van der Waals surface area contributed by atoms with Gasteiger partial charge in [0.15, 0.2) is 0 Å². The molecule has 2 rings (SSSR count). The summed E-state index contributed by atoms with van der Waals surface area (Å²) in [5.41, 5.74) is 1.08. The Kier molecular flexibility index (Phi) is 4.88. The predicted molar refractivity (Wildman–Crippen MR) is 80.0 cm³/mol. The van der Waals surface area contributed by atoms with Crippen molar-refractivity contribution in [2.24, 2.45) is 17.3 Å². The van der Waals surface area contributed by atoms with Gasteiger partial charge >= 0.3 is 5.97 Å². The van der Waals surface area contributed by atoms with Crippen LogP contribution in [0.15, 0.2) is 24.3 Å². The minimum Gasteiger partial charge on any atom is -0.497 e. The molecule has 2 unspecified atom stereocenters. The third-order valence-corrected chi connectivity index (χ3v) is 4.32. The summed E-state index contributed by atoms with van der Waals surface area (Å²) >= 11 is 0. The topological polar surface area (TPSA) is 44.8 Å². The quantitative estimate of drug-likeness (QED) is 0.725. The van der Waals surface area contributed by atoms with Crippen LogP contribution in [0.5, 0.6) is 5.75 Å². The van der Waals surface area contributed by atoms with Crippen molar-refractivity contribution in [2.75, 3.05) is 20.3 Å². The molecule has 116 valence electrons. The molecule has 21 heavy (non-hydrogen) atoms. The third kappa shape index (κ3) is 3.56. The van der Waals surface area contributed by atoms with Gasteiger partial charge in [0.1, 0.15) is 5.75 Å². The summed E-state index contributed by atoms with van der Waals surface area (Å²) in [4.78, 5) is 11.8. The van der Waals surface area contributed by atoms with Crippen molar-refractivity contribution >= 4 is 5.97 Å². The summed E-state index contributed by atoms with van der Waals surface area (Å²) in [6.45, 7) is 7.59. The average molecular weight is 292 g/mol. The van der Waals surface area contributed by atoms with Crippen LogP contribution in [0.25, 0.3) is 0 Å². The highest BCUT2D eigenvalue weighted by atomic mass is 16.5. The summed E-state index contributed by atoms with van der Waals surface area (Å²) in [5.74, 6) is 0.952. The van der Waals surface area contributed by atoms with Crippen LogP contribution in [0.3, 0.4) is 0 Å². The van der Waals surface area contributed by atoms with E-state index in [1.165, 1.54) is 0 Å². The van der Waals surface area contributed by atoms with Gasteiger partial charge < -0.3 is 14.2 Å². The van der Waals surface area contributed by atoms with Gasteiger partial charge in [0, 0.05) is 5.92 Å². The first-order valence-corrected chi connectivity index (χ1v) is 7.38. The second-order valence-electron chi connectivity index (χ2n) is 6.02. The van der Waals surface area contributed by atoms with Crippen LogP contribution in [0.1, 0.15) is 26.3 Å². The van der Waals surface area contributed by atoms with Gasteiger partial charge in [-0.1, -0.05) is 26.0 Å². The van der Waals surface area contributed by atoms with Crippen LogP contribution in [0, 0.1) is 17.3 Å². The van der Waals surface area contributed by atoms with E-state index in [1.807, 2.05) is 31.2 Å². The van der Waals surface area contributed by atoms with Gasteiger partial charge in [-0.15, -0.1) is 0 Å². The monoisotopic (exact) mass is 292 g/mol. The predicted octanol–water partition coefficient (Wildman–Crippen LogP) is 3.05. The van der Waals surface area contributed by atoms with Gasteiger partial charge in [-0.05, 0) is 30.0 Å². The zero-order valence-electron chi connectivity index (χ0n) is 13.2. The molecular weight excluding hydrogens is 268 g/mol. The number of methoxy groups -OCH3 is 1. The van der Waals surface area contributed by atoms with Crippen molar-refractivity contribution in [2.45, 2.75) is 27.4 Å². The van der Waals surface area contributed by atoms with Crippen LogP contribution < -0.4 is 4.74 Å². The Bertz CT molecular complexity index is 478. The van der Waals surface area contributed by atoms with Crippen molar-refractivity contribution in [1.82, 2.24) is 0 Å². The molecular formula is C17H24O4. The number of rotatable bonds is 7. The number of hydrogen-bond acceptors (Lipinski definition) is 4. The molecule has 0 radical (unpaired) electrons. The van der Waals surface area contributed by atoms with E-state index in [2.05, 4.69) is 13.8 Å². The molecule has 1 aromatic carbocycles. The van der Waals surface area contributed by atoms with E-state index in [4.69, 9.17) is 14.2 Å². The summed E-state index contributed by atoms with van der Waals surface area (Å²) in [6.07, 6.45) is 0. The lowest BCUT2D eigenvalue weighted by Crippen LogP contribution is -2.10. The van der Waals surface area contributed by atoms with E-state index in [1.54, 1.807) is 7.11 Å². The molecule has 4 heteroatoms. The lowest BCUT2D eigenvalue weighted by molar-refractivity contribution is -0.145. The average Bonchev–Trinajstić information content (AvgIpc) is 3.01. The summed E-state index contributed by atoms with van der Waals surface area (Å²) in [5, 5.41) is 0. The van der Waals surface area contributed by atoms with Gasteiger partial charge in [-0.25, -0.2) is 0 Å². The second-order valence-corrected chi connectivity index (χ2v) is 6.02. The molecule has 1 aromatic rings. The molecule has 2 atom stereocenters. The second kappa shape index (κ2) is 6.48. The highest BCUT2D eigenvalue weighted by Crippen LogP contribution is 2.58. The minimum absolute atomic E-state index is 0.0217. The van der Waals surface area contributed by atoms with Crippen molar-refractivity contribution in [1.29, 1.82) is 0 Å². The maximum Gasteiger partial charge on any atom is 0.309 e. The Hall–Kier alpha value is -1.55. The molecule has 4 nitrogen and oxygen atoms in total. The van der Waals surface area contributed by atoms with Crippen molar-refractivity contribution < 1.29 is 19.0 Å². The minimum atomic E-state index is -0.0967. The van der Waals surface area contributed by atoms with Crippen molar-refractivity contribution in [3.63, 3.8) is 0 Å². The van der Waals surface area contributed by atoms with E-state index < -0.39 is 0 Å². The van der Waals surface area contributed by atoms with Crippen LogP contribution >= 0.6 is 0 Å². The first-order chi connectivity index (χ1) is 10.0. The largest absolute Gasteiger partial charge is 0.497 e. The molecule has 0 aromatic heterocycles. The van der Waals surface area contributed by atoms with Gasteiger partial charge in [0.05, 0.1) is 32.8 Å². The molecule has 1 fully saturated rings. The SMILES string of the molecule is CCOC(=O)C1C(COCc2ccc(OC)cc2)C1(C)C. The third-order valence-electron chi connectivity index (χ3n) is 4.32. The highest BCUT2D eigenvalue weighted by molar-refractivity contribution is 5.77. The molecule has 1 aliphatic rings. The number of benzene rings is 1. The molecule has 0 aliphatic heterocycles. The molecule has 1 saturated carbocycles. The van der Waals surface area contributed by atoms with Gasteiger partial charge in [0.2, 0.25) is 0 Å². The standard InChI is InChI=1S/C17H24O4/c1-5-21-16(18)15-14(17(15,2)3)11-20-10-12-6-8-13(19-4)9-7-12/h6-9,14-15H,5,10-11H2,1-4H3. The lowest BCUT2D eigenvalue weighted by atomic mass is 10.1. The Morgan fingerprint density at radius 1 is 1.24 bits per heavy atom. The van der Waals surface area contributed by atoms with Gasteiger partial charge in [-0.2, -0.15) is 0 Å².